The molecule has 4 rings (SSSR count). The summed E-state index contributed by atoms with van der Waals surface area (Å²) >= 11 is 0. The first-order chi connectivity index (χ1) is 16.4. The number of nitrogens with zero attached hydrogens (tertiary/aromatic N) is 3. The topological polar surface area (TPSA) is 90.0 Å². The predicted molar refractivity (Wildman–Crippen MR) is 131 cm³/mol. The smallest absolute Gasteiger partial charge is 0.253 e. The third-order valence-corrected chi connectivity index (χ3v) is 8.35. The van der Waals surface area contributed by atoms with Crippen LogP contribution in [0.5, 0.6) is 0 Å². The van der Waals surface area contributed by atoms with Crippen LogP contribution in [-0.2, 0) is 21.2 Å². The summed E-state index contributed by atoms with van der Waals surface area (Å²) < 4.78 is 27.1. The number of carbonyl (C=O) groups excluding carboxylic acids is 2. The molecule has 1 N–H and O–H groups in total. The van der Waals surface area contributed by atoms with Crippen LogP contribution in [0.3, 0.4) is 0 Å². The van der Waals surface area contributed by atoms with Gasteiger partial charge in [0.1, 0.15) is 0 Å². The molecule has 0 aromatic heterocycles. The molecule has 0 bridgehead atoms. The maximum Gasteiger partial charge on any atom is 0.253 e. The Morgan fingerprint density at radius 3 is 2.24 bits per heavy atom. The Labute approximate surface area is 201 Å². The molecule has 2 aromatic rings. The highest BCUT2D eigenvalue weighted by molar-refractivity contribution is 7.89. The van der Waals surface area contributed by atoms with Crippen LogP contribution in [-0.4, -0.2) is 80.2 Å². The van der Waals surface area contributed by atoms with Crippen molar-refractivity contribution in [2.75, 3.05) is 51.1 Å². The van der Waals surface area contributed by atoms with E-state index in [1.165, 1.54) is 15.9 Å². The van der Waals surface area contributed by atoms with Crippen LogP contribution in [0.2, 0.25) is 0 Å². The molecule has 2 aromatic carbocycles. The highest BCUT2D eigenvalue weighted by Gasteiger charge is 2.27. The minimum atomic E-state index is -3.53. The summed E-state index contributed by atoms with van der Waals surface area (Å²) in [6, 6.07) is 14.1. The van der Waals surface area contributed by atoms with Gasteiger partial charge in [0.25, 0.3) is 5.91 Å². The second-order valence-corrected chi connectivity index (χ2v) is 10.7. The van der Waals surface area contributed by atoms with Gasteiger partial charge >= 0.3 is 0 Å². The van der Waals surface area contributed by atoms with Crippen LogP contribution >= 0.6 is 0 Å². The second-order valence-electron chi connectivity index (χ2n) is 8.81. The molecule has 2 heterocycles. The number of sulfonamides is 1. The largest absolute Gasteiger partial charge is 0.336 e. The molecule has 0 spiro atoms. The van der Waals surface area contributed by atoms with Gasteiger partial charge in [-0.3, -0.25) is 14.5 Å². The van der Waals surface area contributed by atoms with Crippen molar-refractivity contribution < 1.29 is 18.0 Å². The van der Waals surface area contributed by atoms with Crippen LogP contribution in [0.25, 0.3) is 0 Å². The molecule has 8 nitrogen and oxygen atoms in total. The number of nitrogens with one attached hydrogen (secondary N) is 1. The number of carbonyl (C=O) groups is 2. The Kier molecular flexibility index (Phi) is 7.65. The van der Waals surface area contributed by atoms with Gasteiger partial charge in [0, 0.05) is 50.5 Å². The fraction of sp³-hybridized carbons (Fsp3) is 0.440. The van der Waals surface area contributed by atoms with Crippen molar-refractivity contribution in [2.24, 2.45) is 0 Å². The Bertz CT molecular complexity index is 1120. The monoisotopic (exact) mass is 484 g/mol. The molecule has 0 aliphatic carbocycles. The zero-order valence-electron chi connectivity index (χ0n) is 19.6. The summed E-state index contributed by atoms with van der Waals surface area (Å²) in [5.74, 6) is -0.187. The minimum absolute atomic E-state index is 0.0165. The fourth-order valence-electron chi connectivity index (χ4n) is 4.39. The van der Waals surface area contributed by atoms with Crippen molar-refractivity contribution in [1.29, 1.82) is 0 Å². The summed E-state index contributed by atoms with van der Waals surface area (Å²) in [6.07, 6.45) is 2.69. The van der Waals surface area contributed by atoms with Crippen molar-refractivity contribution in [1.82, 2.24) is 14.1 Å². The molecule has 34 heavy (non-hydrogen) atoms. The molecule has 0 radical (unpaired) electrons. The second kappa shape index (κ2) is 10.7. The van der Waals surface area contributed by atoms with Gasteiger partial charge in [-0.25, -0.2) is 8.42 Å². The third kappa shape index (κ3) is 5.65. The SMILES string of the molecule is CCc1ccc(C(=O)N2CCN(CC(=O)Nc3cccc(S(=O)(=O)N4CCCC4)c3)CC2)cc1. The maximum atomic E-state index is 12.8. The van der Waals surface area contributed by atoms with Gasteiger partial charge in [-0.15, -0.1) is 0 Å². The van der Waals surface area contributed by atoms with Gasteiger partial charge in [0.05, 0.1) is 11.4 Å². The minimum Gasteiger partial charge on any atom is -0.336 e. The van der Waals surface area contributed by atoms with E-state index in [2.05, 4.69) is 12.2 Å². The zero-order chi connectivity index (χ0) is 24.1. The van der Waals surface area contributed by atoms with E-state index < -0.39 is 10.0 Å². The standard InChI is InChI=1S/C25H32N4O4S/c1-2-20-8-10-21(11-9-20)25(31)28-16-14-27(15-17-28)19-24(30)26-22-6-5-7-23(18-22)34(32,33)29-12-3-4-13-29/h5-11,18H,2-4,12-17,19H2,1H3,(H,26,30). The Balaban J connectivity index is 1.28. The summed E-state index contributed by atoms with van der Waals surface area (Å²) in [4.78, 5) is 29.4. The number of benzene rings is 2. The molecule has 0 unspecified atom stereocenters. The molecule has 9 heteroatoms. The number of hydrogen-bond donors (Lipinski definition) is 1. The van der Waals surface area contributed by atoms with Gasteiger partial charge in [-0.2, -0.15) is 4.31 Å². The molecule has 2 amide bonds. The van der Waals surface area contributed by atoms with Crippen LogP contribution in [0.15, 0.2) is 53.4 Å². The lowest BCUT2D eigenvalue weighted by Gasteiger charge is -2.34. The summed E-state index contributed by atoms with van der Waals surface area (Å²) in [5.41, 5.74) is 2.35. The zero-order valence-corrected chi connectivity index (χ0v) is 20.4. The normalized spacial score (nSPS) is 17.6. The molecule has 182 valence electrons. The van der Waals surface area contributed by atoms with Gasteiger partial charge in [0.2, 0.25) is 15.9 Å². The van der Waals surface area contributed by atoms with Crippen molar-refractivity contribution in [3.8, 4) is 0 Å². The van der Waals surface area contributed by atoms with E-state index in [1.54, 1.807) is 18.2 Å². The fourth-order valence-corrected chi connectivity index (χ4v) is 5.95. The van der Waals surface area contributed by atoms with Gasteiger partial charge in [-0.05, 0) is 55.2 Å². The number of hydrogen-bond acceptors (Lipinski definition) is 5. The molecular formula is C25H32N4O4S. The van der Waals surface area contributed by atoms with Gasteiger partial charge in [0.15, 0.2) is 0 Å². The highest BCUT2D eigenvalue weighted by Crippen LogP contribution is 2.23. The first-order valence-corrected chi connectivity index (χ1v) is 13.3. The Morgan fingerprint density at radius 1 is 0.912 bits per heavy atom. The summed E-state index contributed by atoms with van der Waals surface area (Å²) in [5, 5.41) is 2.82. The predicted octanol–water partition coefficient (Wildman–Crippen LogP) is 2.43. The molecule has 2 saturated heterocycles. The third-order valence-electron chi connectivity index (χ3n) is 6.46. The van der Waals surface area contributed by atoms with Crippen molar-refractivity contribution in [2.45, 2.75) is 31.1 Å². The maximum absolute atomic E-state index is 12.8. The first kappa shape index (κ1) is 24.4. The van der Waals surface area contributed by atoms with Crippen LogP contribution in [0, 0.1) is 0 Å². The number of piperazine rings is 1. The van der Waals surface area contributed by atoms with Crippen LogP contribution in [0.1, 0.15) is 35.7 Å². The average Bonchev–Trinajstić information content (AvgIpc) is 3.40. The molecule has 2 aliphatic rings. The summed E-state index contributed by atoms with van der Waals surface area (Å²) in [6.45, 7) is 5.69. The van der Waals surface area contributed by atoms with E-state index in [0.29, 0.717) is 50.5 Å². The first-order valence-electron chi connectivity index (χ1n) is 11.9. The lowest BCUT2D eigenvalue weighted by molar-refractivity contribution is -0.117. The van der Waals surface area contributed by atoms with E-state index in [0.717, 1.165) is 19.3 Å². The lowest BCUT2D eigenvalue weighted by Crippen LogP contribution is -2.50. The summed E-state index contributed by atoms with van der Waals surface area (Å²) in [7, 11) is -3.53. The molecule has 2 fully saturated rings. The highest BCUT2D eigenvalue weighted by atomic mass is 32.2. The van der Waals surface area contributed by atoms with E-state index >= 15 is 0 Å². The molecule has 0 saturated carbocycles. The van der Waals surface area contributed by atoms with Crippen molar-refractivity contribution in [3.63, 3.8) is 0 Å². The van der Waals surface area contributed by atoms with Crippen molar-refractivity contribution >= 4 is 27.5 Å². The average molecular weight is 485 g/mol. The lowest BCUT2D eigenvalue weighted by atomic mass is 10.1. The van der Waals surface area contributed by atoms with Crippen LogP contribution in [0.4, 0.5) is 5.69 Å². The Hall–Kier alpha value is -2.75. The molecule has 0 atom stereocenters. The van der Waals surface area contributed by atoms with E-state index in [-0.39, 0.29) is 23.3 Å². The Morgan fingerprint density at radius 2 is 1.59 bits per heavy atom. The molecular weight excluding hydrogens is 452 g/mol. The van der Waals surface area contributed by atoms with Gasteiger partial charge < -0.3 is 10.2 Å². The van der Waals surface area contributed by atoms with E-state index in [9.17, 15) is 18.0 Å². The van der Waals surface area contributed by atoms with E-state index in [4.69, 9.17) is 0 Å². The van der Waals surface area contributed by atoms with Gasteiger partial charge in [-0.1, -0.05) is 25.1 Å². The number of rotatable bonds is 7. The molecule has 2 aliphatic heterocycles. The van der Waals surface area contributed by atoms with E-state index in [1.807, 2.05) is 34.1 Å². The number of amides is 2. The number of anilines is 1. The van der Waals surface area contributed by atoms with Crippen LogP contribution < -0.4 is 5.32 Å². The van der Waals surface area contributed by atoms with Crippen molar-refractivity contribution in [3.05, 3.63) is 59.7 Å². The number of aryl methyl sites for hydroxylation is 1. The quantitative estimate of drug-likeness (QED) is 0.652.